The van der Waals surface area contributed by atoms with Gasteiger partial charge in [-0.2, -0.15) is 5.26 Å². The van der Waals surface area contributed by atoms with E-state index in [1.54, 1.807) is 11.0 Å². The minimum Gasteiger partial charge on any atom is -0.366 e. The number of likely N-dealkylation sites (tertiary alicyclic amines) is 3. The molecule has 1 saturated carbocycles. The molecule has 0 radical (unpaired) electrons. The Hall–Kier alpha value is -2.96. The molecule has 3 aliphatic heterocycles. The lowest BCUT2D eigenvalue weighted by Crippen LogP contribution is -2.57. The van der Waals surface area contributed by atoms with Crippen molar-refractivity contribution in [3.8, 4) is 6.07 Å². The van der Waals surface area contributed by atoms with E-state index in [1.165, 1.54) is 0 Å². The number of hydrogen-bond donors (Lipinski definition) is 2. The molecule has 33 heavy (non-hydrogen) atoms. The SMILES string of the molecule is N#CC1C[C@@H]2C[C@@H]2N1C(=O)C(N)CN1C[C@@H]2C[C@H]1C(=O)N2C1CCc2cc(C(N)=O)ccc21. The van der Waals surface area contributed by atoms with Crippen molar-refractivity contribution in [2.45, 2.75) is 68.4 Å². The van der Waals surface area contributed by atoms with Crippen LogP contribution in [0.3, 0.4) is 0 Å². The highest BCUT2D eigenvalue weighted by atomic mass is 16.2. The largest absolute Gasteiger partial charge is 0.366 e. The minimum absolute atomic E-state index is 0.0228. The van der Waals surface area contributed by atoms with Gasteiger partial charge in [-0.3, -0.25) is 19.3 Å². The second kappa shape index (κ2) is 7.27. The number of amides is 3. The van der Waals surface area contributed by atoms with Gasteiger partial charge in [0.05, 0.1) is 24.2 Å². The van der Waals surface area contributed by atoms with Gasteiger partial charge in [-0.05, 0) is 61.3 Å². The molecular formula is C24H28N6O3. The highest BCUT2D eigenvalue weighted by molar-refractivity contribution is 5.93. The summed E-state index contributed by atoms with van der Waals surface area (Å²) in [6, 6.07) is 6.74. The highest BCUT2D eigenvalue weighted by Crippen LogP contribution is 2.48. The second-order valence-corrected chi connectivity index (χ2v) is 10.2. The Labute approximate surface area is 192 Å². The van der Waals surface area contributed by atoms with E-state index in [9.17, 15) is 19.6 Å². The zero-order valence-corrected chi connectivity index (χ0v) is 18.4. The molecule has 3 heterocycles. The monoisotopic (exact) mass is 448 g/mol. The van der Waals surface area contributed by atoms with Crippen molar-refractivity contribution in [1.82, 2.24) is 14.7 Å². The van der Waals surface area contributed by atoms with E-state index in [0.29, 0.717) is 24.6 Å². The molecule has 2 bridgehead atoms. The first-order valence-corrected chi connectivity index (χ1v) is 11.8. The third-order valence-corrected chi connectivity index (χ3v) is 8.38. The van der Waals surface area contributed by atoms with E-state index < -0.39 is 11.9 Å². The van der Waals surface area contributed by atoms with E-state index in [2.05, 4.69) is 11.0 Å². The van der Waals surface area contributed by atoms with Crippen LogP contribution in [0, 0.1) is 17.2 Å². The van der Waals surface area contributed by atoms with Gasteiger partial charge in [-0.25, -0.2) is 0 Å². The molecule has 3 saturated heterocycles. The van der Waals surface area contributed by atoms with Crippen LogP contribution in [0.5, 0.6) is 0 Å². The van der Waals surface area contributed by atoms with Crippen LogP contribution in [0.15, 0.2) is 18.2 Å². The molecule has 1 aromatic carbocycles. The van der Waals surface area contributed by atoms with Crippen molar-refractivity contribution in [2.75, 3.05) is 13.1 Å². The quantitative estimate of drug-likeness (QED) is 0.645. The first-order chi connectivity index (χ1) is 15.9. The summed E-state index contributed by atoms with van der Waals surface area (Å²) in [7, 11) is 0. The Bertz CT molecular complexity index is 1100. The Morgan fingerprint density at radius 2 is 2.03 bits per heavy atom. The Balaban J connectivity index is 1.13. The van der Waals surface area contributed by atoms with Crippen LogP contribution in [-0.2, 0) is 16.0 Å². The lowest BCUT2D eigenvalue weighted by atomic mass is 10.0. The molecule has 172 valence electrons. The number of fused-ring (bicyclic) bond motifs is 4. The smallest absolute Gasteiger partial charge is 0.248 e. The number of benzene rings is 1. The Morgan fingerprint density at radius 1 is 1.21 bits per heavy atom. The molecule has 0 spiro atoms. The van der Waals surface area contributed by atoms with Gasteiger partial charge in [0.2, 0.25) is 17.7 Å². The lowest BCUT2D eigenvalue weighted by molar-refractivity contribution is -0.141. The molecule has 7 atom stereocenters. The number of aryl methyl sites for hydroxylation is 1. The van der Waals surface area contributed by atoms with Crippen molar-refractivity contribution in [3.63, 3.8) is 0 Å². The summed E-state index contributed by atoms with van der Waals surface area (Å²) in [5.41, 5.74) is 14.4. The van der Waals surface area contributed by atoms with Crippen molar-refractivity contribution in [1.29, 1.82) is 5.26 Å². The van der Waals surface area contributed by atoms with Crippen molar-refractivity contribution in [3.05, 3.63) is 34.9 Å². The maximum absolute atomic E-state index is 13.3. The van der Waals surface area contributed by atoms with E-state index >= 15 is 0 Å². The molecule has 6 rings (SSSR count). The summed E-state index contributed by atoms with van der Waals surface area (Å²) in [4.78, 5) is 43.6. The number of carbonyl (C=O) groups excluding carboxylic acids is 3. The molecule has 4 N–H and O–H groups in total. The topological polar surface area (TPSA) is 137 Å². The molecule has 2 aliphatic carbocycles. The zero-order chi connectivity index (χ0) is 23.0. The van der Waals surface area contributed by atoms with Crippen LogP contribution in [0.4, 0.5) is 0 Å². The molecular weight excluding hydrogens is 420 g/mol. The summed E-state index contributed by atoms with van der Waals surface area (Å²) in [5.74, 6) is -0.0435. The van der Waals surface area contributed by atoms with Crippen LogP contribution in [0.2, 0.25) is 0 Å². The first kappa shape index (κ1) is 20.6. The normalized spacial score (nSPS) is 34.8. The predicted octanol–water partition coefficient (Wildman–Crippen LogP) is -0.102. The van der Waals surface area contributed by atoms with Gasteiger partial charge >= 0.3 is 0 Å². The second-order valence-electron chi connectivity index (χ2n) is 10.2. The standard InChI is InChI=1S/C24H28N6O3/c25-9-15-6-14-7-20(14)29(15)23(32)18(26)11-28-10-16-8-21(28)24(33)30(16)19-4-2-12-5-13(22(27)31)1-3-17(12)19/h1,3,5,14-16,18-21H,2,4,6-8,10-11,26H2,(H2,27,31)/t14-,15?,16+,18?,19?,20+,21+/m1/s1. The van der Waals surface area contributed by atoms with Gasteiger partial charge in [-0.15, -0.1) is 0 Å². The first-order valence-electron chi connectivity index (χ1n) is 11.8. The molecule has 5 aliphatic rings. The van der Waals surface area contributed by atoms with Crippen LogP contribution in [0.1, 0.15) is 53.2 Å². The summed E-state index contributed by atoms with van der Waals surface area (Å²) >= 11 is 0. The number of piperidine rings is 1. The van der Waals surface area contributed by atoms with Crippen molar-refractivity contribution < 1.29 is 14.4 Å². The van der Waals surface area contributed by atoms with E-state index in [4.69, 9.17) is 11.5 Å². The van der Waals surface area contributed by atoms with E-state index in [-0.39, 0.29) is 42.0 Å². The van der Waals surface area contributed by atoms with Gasteiger partial charge < -0.3 is 21.3 Å². The molecule has 9 heteroatoms. The lowest BCUT2D eigenvalue weighted by Gasteiger charge is -2.38. The van der Waals surface area contributed by atoms with Gasteiger partial charge in [-0.1, -0.05) is 6.07 Å². The maximum Gasteiger partial charge on any atom is 0.248 e. The Kier molecular flexibility index (Phi) is 4.55. The molecule has 4 fully saturated rings. The summed E-state index contributed by atoms with van der Waals surface area (Å²) in [6.07, 6.45) is 4.15. The highest BCUT2D eigenvalue weighted by Gasteiger charge is 2.56. The van der Waals surface area contributed by atoms with Crippen molar-refractivity contribution >= 4 is 17.7 Å². The van der Waals surface area contributed by atoms with Crippen LogP contribution in [0.25, 0.3) is 0 Å². The summed E-state index contributed by atoms with van der Waals surface area (Å²) in [6.45, 7) is 1.05. The number of nitrogens with zero attached hydrogens (tertiary/aromatic N) is 4. The fraction of sp³-hybridized carbons (Fsp3) is 0.583. The van der Waals surface area contributed by atoms with E-state index in [1.807, 2.05) is 17.0 Å². The number of carbonyl (C=O) groups is 3. The fourth-order valence-corrected chi connectivity index (χ4v) is 6.75. The van der Waals surface area contributed by atoms with E-state index in [0.717, 1.165) is 43.2 Å². The maximum atomic E-state index is 13.3. The molecule has 0 aromatic heterocycles. The zero-order valence-electron chi connectivity index (χ0n) is 18.4. The summed E-state index contributed by atoms with van der Waals surface area (Å²) < 4.78 is 0. The number of nitriles is 1. The fourth-order valence-electron chi connectivity index (χ4n) is 6.75. The number of piperazine rings is 1. The van der Waals surface area contributed by atoms with Crippen LogP contribution >= 0.6 is 0 Å². The van der Waals surface area contributed by atoms with Crippen LogP contribution in [-0.4, -0.2) is 75.7 Å². The predicted molar refractivity (Wildman–Crippen MR) is 117 cm³/mol. The third kappa shape index (κ3) is 3.08. The number of nitrogens with two attached hydrogens (primary N) is 2. The average Bonchev–Trinajstić information content (AvgIpc) is 3.15. The number of hydrogen-bond acceptors (Lipinski definition) is 6. The van der Waals surface area contributed by atoms with Gasteiger partial charge in [0, 0.05) is 30.7 Å². The third-order valence-electron chi connectivity index (χ3n) is 8.38. The number of rotatable bonds is 5. The molecule has 3 amide bonds. The average molecular weight is 449 g/mol. The van der Waals surface area contributed by atoms with Gasteiger partial charge in [0.25, 0.3) is 0 Å². The van der Waals surface area contributed by atoms with Crippen LogP contribution < -0.4 is 11.5 Å². The number of primary amides is 1. The molecule has 3 unspecified atom stereocenters. The Morgan fingerprint density at radius 3 is 2.76 bits per heavy atom. The van der Waals surface area contributed by atoms with Gasteiger partial charge in [0.15, 0.2) is 0 Å². The minimum atomic E-state index is -0.722. The van der Waals surface area contributed by atoms with Crippen molar-refractivity contribution in [2.24, 2.45) is 17.4 Å². The molecule has 1 aromatic rings. The van der Waals surface area contributed by atoms with Gasteiger partial charge in [0.1, 0.15) is 6.04 Å². The summed E-state index contributed by atoms with van der Waals surface area (Å²) in [5, 5.41) is 9.39. The molecule has 9 nitrogen and oxygen atoms in total.